The lowest BCUT2D eigenvalue weighted by molar-refractivity contribution is 0.0368. The van der Waals surface area contributed by atoms with Crippen molar-refractivity contribution in [2.45, 2.75) is 13.0 Å². The van der Waals surface area contributed by atoms with Gasteiger partial charge in [0.25, 0.3) is 0 Å². The standard InChI is InChI=1S/C10H16BrN3OS/c1-8(6-14-2-4-15-5-3-14)12-10-13-9(11)7-16-10/h7-8H,2-6H2,1H3,(H,12,13). The molecule has 6 heteroatoms. The summed E-state index contributed by atoms with van der Waals surface area (Å²) in [5, 5.41) is 6.37. The van der Waals surface area contributed by atoms with Gasteiger partial charge in [-0.1, -0.05) is 0 Å². The van der Waals surface area contributed by atoms with Crippen molar-refractivity contribution < 1.29 is 4.74 Å². The second-order valence-electron chi connectivity index (χ2n) is 3.93. The summed E-state index contributed by atoms with van der Waals surface area (Å²) < 4.78 is 6.23. The quantitative estimate of drug-likeness (QED) is 0.924. The van der Waals surface area contributed by atoms with Crippen LogP contribution in [0.5, 0.6) is 0 Å². The first-order chi connectivity index (χ1) is 7.74. The molecule has 1 aromatic heterocycles. The average molecular weight is 306 g/mol. The number of halogens is 1. The van der Waals surface area contributed by atoms with Gasteiger partial charge in [-0.25, -0.2) is 4.98 Å². The number of morpholine rings is 1. The maximum atomic E-state index is 5.32. The number of aromatic nitrogens is 1. The number of rotatable bonds is 4. The van der Waals surface area contributed by atoms with Crippen molar-refractivity contribution in [1.82, 2.24) is 9.88 Å². The molecule has 1 saturated heterocycles. The molecule has 1 unspecified atom stereocenters. The number of nitrogens with zero attached hydrogens (tertiary/aromatic N) is 2. The van der Waals surface area contributed by atoms with Crippen molar-refractivity contribution >= 4 is 32.4 Å². The Bertz CT molecular complexity index is 328. The molecule has 0 aliphatic carbocycles. The third kappa shape index (κ3) is 3.69. The lowest BCUT2D eigenvalue weighted by Gasteiger charge is -2.29. The van der Waals surface area contributed by atoms with Crippen LogP contribution >= 0.6 is 27.3 Å². The van der Waals surface area contributed by atoms with Gasteiger partial charge in [-0.2, -0.15) is 0 Å². The van der Waals surface area contributed by atoms with E-state index in [-0.39, 0.29) is 0 Å². The highest BCUT2D eigenvalue weighted by Crippen LogP contribution is 2.20. The van der Waals surface area contributed by atoms with Crippen molar-refractivity contribution in [3.8, 4) is 0 Å². The summed E-state index contributed by atoms with van der Waals surface area (Å²) in [6.07, 6.45) is 0. The predicted molar refractivity (Wildman–Crippen MR) is 70.2 cm³/mol. The van der Waals surface area contributed by atoms with Crippen LogP contribution in [0.1, 0.15) is 6.92 Å². The second kappa shape index (κ2) is 5.95. The van der Waals surface area contributed by atoms with E-state index in [1.54, 1.807) is 11.3 Å². The molecular formula is C10H16BrN3OS. The zero-order chi connectivity index (χ0) is 11.4. The number of ether oxygens (including phenoxy) is 1. The van der Waals surface area contributed by atoms with E-state index in [1.165, 1.54) is 0 Å². The number of thiazole rings is 1. The fraction of sp³-hybridized carbons (Fsp3) is 0.700. The van der Waals surface area contributed by atoms with Crippen LogP contribution in [0.25, 0.3) is 0 Å². The van der Waals surface area contributed by atoms with Gasteiger partial charge in [-0.05, 0) is 22.9 Å². The summed E-state index contributed by atoms with van der Waals surface area (Å²) in [5.41, 5.74) is 0. The molecule has 0 amide bonds. The normalized spacial score (nSPS) is 19.6. The van der Waals surface area contributed by atoms with Gasteiger partial charge in [0.15, 0.2) is 5.13 Å². The third-order valence-electron chi connectivity index (χ3n) is 2.48. The zero-order valence-electron chi connectivity index (χ0n) is 9.28. The molecule has 1 fully saturated rings. The Morgan fingerprint density at radius 2 is 2.38 bits per heavy atom. The second-order valence-corrected chi connectivity index (χ2v) is 5.60. The molecule has 0 radical (unpaired) electrons. The third-order valence-corrected chi connectivity index (χ3v) is 3.96. The Morgan fingerprint density at radius 3 is 3.00 bits per heavy atom. The molecule has 1 N–H and O–H groups in total. The highest BCUT2D eigenvalue weighted by molar-refractivity contribution is 9.10. The van der Waals surface area contributed by atoms with Gasteiger partial charge >= 0.3 is 0 Å². The molecule has 0 spiro atoms. The fourth-order valence-corrected chi connectivity index (χ4v) is 3.00. The largest absolute Gasteiger partial charge is 0.379 e. The first kappa shape index (κ1) is 12.3. The van der Waals surface area contributed by atoms with Gasteiger partial charge in [-0.15, -0.1) is 11.3 Å². The van der Waals surface area contributed by atoms with E-state index in [9.17, 15) is 0 Å². The maximum Gasteiger partial charge on any atom is 0.183 e. The van der Waals surface area contributed by atoms with Crippen LogP contribution in [0.4, 0.5) is 5.13 Å². The van der Waals surface area contributed by atoms with Crippen LogP contribution in [-0.2, 0) is 4.74 Å². The molecule has 0 saturated carbocycles. The summed E-state index contributed by atoms with van der Waals surface area (Å²) in [6.45, 7) is 7.01. The van der Waals surface area contributed by atoms with E-state index in [0.717, 1.165) is 42.6 Å². The predicted octanol–water partition coefficient (Wildman–Crippen LogP) is 2.04. The molecular weight excluding hydrogens is 290 g/mol. The van der Waals surface area contributed by atoms with Crippen LogP contribution in [0, 0.1) is 0 Å². The molecule has 2 rings (SSSR count). The van der Waals surface area contributed by atoms with E-state index in [1.807, 2.05) is 5.38 Å². The monoisotopic (exact) mass is 305 g/mol. The summed E-state index contributed by atoms with van der Waals surface area (Å²) in [7, 11) is 0. The number of nitrogens with one attached hydrogen (secondary N) is 1. The summed E-state index contributed by atoms with van der Waals surface area (Å²) >= 11 is 4.98. The Balaban J connectivity index is 1.77. The molecule has 1 aliphatic rings. The van der Waals surface area contributed by atoms with Gasteiger partial charge in [0.1, 0.15) is 4.60 Å². The van der Waals surface area contributed by atoms with Gasteiger partial charge in [0, 0.05) is 31.1 Å². The molecule has 1 aliphatic heterocycles. The maximum absolute atomic E-state index is 5.32. The van der Waals surface area contributed by atoms with E-state index in [4.69, 9.17) is 4.74 Å². The highest BCUT2D eigenvalue weighted by atomic mass is 79.9. The van der Waals surface area contributed by atoms with Crippen molar-refractivity contribution in [2.75, 3.05) is 38.2 Å². The fourth-order valence-electron chi connectivity index (χ4n) is 1.75. The van der Waals surface area contributed by atoms with Crippen molar-refractivity contribution in [3.63, 3.8) is 0 Å². The molecule has 90 valence electrons. The Labute approximate surface area is 108 Å². The van der Waals surface area contributed by atoms with Crippen molar-refractivity contribution in [2.24, 2.45) is 0 Å². The highest BCUT2D eigenvalue weighted by Gasteiger charge is 2.14. The first-order valence-corrected chi connectivity index (χ1v) is 7.09. The molecule has 0 aromatic carbocycles. The minimum absolute atomic E-state index is 0.413. The topological polar surface area (TPSA) is 37.4 Å². The van der Waals surface area contributed by atoms with Crippen LogP contribution in [0.3, 0.4) is 0 Å². The number of hydrogen-bond donors (Lipinski definition) is 1. The van der Waals surface area contributed by atoms with Gasteiger partial charge in [-0.3, -0.25) is 4.90 Å². The van der Waals surface area contributed by atoms with Crippen LogP contribution in [0.15, 0.2) is 9.98 Å². The van der Waals surface area contributed by atoms with Gasteiger partial charge in [0.2, 0.25) is 0 Å². The zero-order valence-corrected chi connectivity index (χ0v) is 11.7. The molecule has 1 atom stereocenters. The minimum Gasteiger partial charge on any atom is -0.379 e. The lowest BCUT2D eigenvalue weighted by Crippen LogP contribution is -2.42. The van der Waals surface area contributed by atoms with E-state index in [0.29, 0.717) is 6.04 Å². The summed E-state index contributed by atoms with van der Waals surface area (Å²) in [4.78, 5) is 6.75. The van der Waals surface area contributed by atoms with Crippen LogP contribution in [0.2, 0.25) is 0 Å². The van der Waals surface area contributed by atoms with E-state index >= 15 is 0 Å². The Hall–Kier alpha value is -0.170. The first-order valence-electron chi connectivity index (χ1n) is 5.42. The summed E-state index contributed by atoms with van der Waals surface area (Å²) in [5.74, 6) is 0. The molecule has 2 heterocycles. The van der Waals surface area contributed by atoms with Crippen molar-refractivity contribution in [1.29, 1.82) is 0 Å². The molecule has 16 heavy (non-hydrogen) atoms. The lowest BCUT2D eigenvalue weighted by atomic mass is 10.3. The van der Waals surface area contributed by atoms with Gasteiger partial charge < -0.3 is 10.1 Å². The van der Waals surface area contributed by atoms with Crippen LogP contribution < -0.4 is 5.32 Å². The van der Waals surface area contributed by atoms with Crippen molar-refractivity contribution in [3.05, 3.63) is 9.98 Å². The Kier molecular flexibility index (Phi) is 4.57. The van der Waals surface area contributed by atoms with E-state index in [2.05, 4.69) is 38.1 Å². The smallest absolute Gasteiger partial charge is 0.183 e. The molecule has 0 bridgehead atoms. The van der Waals surface area contributed by atoms with Crippen LogP contribution in [-0.4, -0.2) is 48.8 Å². The molecule has 4 nitrogen and oxygen atoms in total. The molecule has 1 aromatic rings. The minimum atomic E-state index is 0.413. The summed E-state index contributed by atoms with van der Waals surface area (Å²) in [6, 6.07) is 0.413. The average Bonchev–Trinajstić information content (AvgIpc) is 2.65. The number of hydrogen-bond acceptors (Lipinski definition) is 5. The van der Waals surface area contributed by atoms with E-state index < -0.39 is 0 Å². The Morgan fingerprint density at radius 1 is 1.62 bits per heavy atom. The SMILES string of the molecule is CC(CN1CCOCC1)Nc1nc(Br)cs1. The van der Waals surface area contributed by atoms with Gasteiger partial charge in [0.05, 0.1) is 13.2 Å². The number of anilines is 1.